The van der Waals surface area contributed by atoms with E-state index in [0.717, 1.165) is 0 Å². The Kier molecular flexibility index (Phi) is 4.19. The Bertz CT molecular complexity index is 667. The van der Waals surface area contributed by atoms with E-state index >= 15 is 0 Å². The lowest BCUT2D eigenvalue weighted by Gasteiger charge is -2.07. The molecule has 0 radical (unpaired) electrons. The number of nitrogens with one attached hydrogen (secondary N) is 1. The van der Waals surface area contributed by atoms with Crippen molar-refractivity contribution in [3.63, 3.8) is 0 Å². The number of hydrogen-bond acceptors (Lipinski definition) is 5. The molecule has 2 aromatic rings. The van der Waals surface area contributed by atoms with Gasteiger partial charge in [0.2, 0.25) is 5.91 Å². The third-order valence-corrected chi connectivity index (χ3v) is 2.74. The van der Waals surface area contributed by atoms with Crippen LogP contribution in [0.3, 0.4) is 0 Å². The number of nitrogen functional groups attached to an aromatic ring is 1. The molecule has 2 rings (SSSR count). The Labute approximate surface area is 120 Å². The fraction of sp³-hybridized carbons (Fsp3) is 0.154. The molecule has 1 heterocycles. The molecule has 0 aliphatic heterocycles. The predicted octanol–water partition coefficient (Wildman–Crippen LogP) is -0.969. The molecule has 6 N–H and O–H groups in total. The summed E-state index contributed by atoms with van der Waals surface area (Å²) in [4.78, 5) is 22.5. The normalized spacial score (nSPS) is 11.9. The Morgan fingerprint density at radius 2 is 2.14 bits per heavy atom. The summed E-state index contributed by atoms with van der Waals surface area (Å²) in [6.07, 6.45) is 0.179. The second-order valence-electron chi connectivity index (χ2n) is 4.37. The van der Waals surface area contributed by atoms with Gasteiger partial charge in [-0.15, -0.1) is 0 Å². The second kappa shape index (κ2) is 6.06. The summed E-state index contributed by atoms with van der Waals surface area (Å²) < 4.78 is 1.50. The van der Waals surface area contributed by atoms with Crippen molar-refractivity contribution in [1.82, 2.24) is 15.1 Å². The number of rotatable bonds is 5. The highest BCUT2D eigenvalue weighted by Crippen LogP contribution is 2.11. The maximum absolute atomic E-state index is 11.8. The number of nitrogens with zero attached hydrogens (tertiary/aromatic N) is 2. The van der Waals surface area contributed by atoms with Gasteiger partial charge in [0.15, 0.2) is 5.69 Å². The van der Waals surface area contributed by atoms with Crippen LogP contribution in [0.1, 0.15) is 10.5 Å². The molecule has 8 nitrogen and oxygen atoms in total. The molecule has 0 fully saturated rings. The summed E-state index contributed by atoms with van der Waals surface area (Å²) >= 11 is 0. The van der Waals surface area contributed by atoms with Gasteiger partial charge in [0.1, 0.15) is 6.10 Å². The lowest BCUT2D eigenvalue weighted by Crippen LogP contribution is -2.40. The van der Waals surface area contributed by atoms with Gasteiger partial charge in [-0.3, -0.25) is 9.59 Å². The first kappa shape index (κ1) is 14.5. The van der Waals surface area contributed by atoms with Crippen molar-refractivity contribution < 1.29 is 14.7 Å². The largest absolute Gasteiger partial charge is 0.399 e. The molecule has 1 aromatic heterocycles. The van der Waals surface area contributed by atoms with Gasteiger partial charge in [-0.1, -0.05) is 6.07 Å². The minimum absolute atomic E-state index is 0.147. The topological polar surface area (TPSA) is 136 Å². The zero-order valence-corrected chi connectivity index (χ0v) is 11.1. The van der Waals surface area contributed by atoms with Crippen LogP contribution in [0, 0.1) is 0 Å². The Balaban J connectivity index is 2.06. The Morgan fingerprint density at radius 1 is 1.38 bits per heavy atom. The number of carbonyl (C=O) groups is 2. The first-order valence-corrected chi connectivity index (χ1v) is 6.14. The van der Waals surface area contributed by atoms with Gasteiger partial charge in [0, 0.05) is 11.9 Å². The van der Waals surface area contributed by atoms with Crippen molar-refractivity contribution in [2.45, 2.75) is 6.10 Å². The summed E-state index contributed by atoms with van der Waals surface area (Å²) in [6, 6.07) is 8.53. The number of aliphatic hydroxyl groups is 1. The highest BCUT2D eigenvalue weighted by Gasteiger charge is 2.15. The van der Waals surface area contributed by atoms with Gasteiger partial charge in [-0.05, 0) is 24.3 Å². The number of benzene rings is 1. The average Bonchev–Trinajstić information content (AvgIpc) is 2.94. The van der Waals surface area contributed by atoms with Crippen molar-refractivity contribution in [2.24, 2.45) is 5.73 Å². The number of carbonyl (C=O) groups excluding carboxylic acids is 2. The maximum atomic E-state index is 11.8. The van der Waals surface area contributed by atoms with Crippen LogP contribution in [0.5, 0.6) is 0 Å². The molecule has 1 aromatic carbocycles. The fourth-order valence-electron chi connectivity index (χ4n) is 1.64. The van der Waals surface area contributed by atoms with Gasteiger partial charge in [0.25, 0.3) is 5.91 Å². The zero-order valence-electron chi connectivity index (χ0n) is 11.1. The summed E-state index contributed by atoms with van der Waals surface area (Å²) in [5.74, 6) is -1.42. The molecular formula is C13H15N5O3. The molecular weight excluding hydrogens is 274 g/mol. The van der Waals surface area contributed by atoms with E-state index in [1.54, 1.807) is 30.5 Å². The van der Waals surface area contributed by atoms with E-state index in [4.69, 9.17) is 11.5 Å². The van der Waals surface area contributed by atoms with Crippen LogP contribution in [0.15, 0.2) is 36.5 Å². The molecule has 0 bridgehead atoms. The SMILES string of the molecule is NC(=O)C(O)CNC(=O)c1ccn(-c2cccc(N)c2)n1. The third-order valence-electron chi connectivity index (χ3n) is 2.74. The minimum Gasteiger partial charge on any atom is -0.399 e. The van der Waals surface area contributed by atoms with Crippen molar-refractivity contribution in [1.29, 1.82) is 0 Å². The van der Waals surface area contributed by atoms with Crippen LogP contribution < -0.4 is 16.8 Å². The van der Waals surface area contributed by atoms with Crippen molar-refractivity contribution in [3.05, 3.63) is 42.2 Å². The molecule has 1 atom stereocenters. The summed E-state index contributed by atoms with van der Waals surface area (Å²) in [5.41, 5.74) is 12.0. The Hall–Kier alpha value is -2.87. The van der Waals surface area contributed by atoms with Crippen LogP contribution in [0.25, 0.3) is 5.69 Å². The lowest BCUT2D eigenvalue weighted by atomic mass is 10.3. The van der Waals surface area contributed by atoms with Gasteiger partial charge in [-0.2, -0.15) is 5.10 Å². The highest BCUT2D eigenvalue weighted by molar-refractivity contribution is 5.92. The van der Waals surface area contributed by atoms with E-state index in [0.29, 0.717) is 11.4 Å². The van der Waals surface area contributed by atoms with Crippen LogP contribution in [0.4, 0.5) is 5.69 Å². The molecule has 110 valence electrons. The van der Waals surface area contributed by atoms with E-state index in [2.05, 4.69) is 10.4 Å². The minimum atomic E-state index is -1.43. The number of anilines is 1. The molecule has 2 amide bonds. The Morgan fingerprint density at radius 3 is 2.81 bits per heavy atom. The van der Waals surface area contributed by atoms with E-state index in [9.17, 15) is 14.7 Å². The number of nitrogens with two attached hydrogens (primary N) is 2. The molecule has 21 heavy (non-hydrogen) atoms. The summed E-state index contributed by atoms with van der Waals surface area (Å²) in [7, 11) is 0. The van der Waals surface area contributed by atoms with Crippen LogP contribution in [0.2, 0.25) is 0 Å². The van der Waals surface area contributed by atoms with Crippen LogP contribution in [-0.4, -0.2) is 39.4 Å². The number of aromatic nitrogens is 2. The monoisotopic (exact) mass is 289 g/mol. The van der Waals surface area contributed by atoms with Crippen molar-refractivity contribution in [3.8, 4) is 5.69 Å². The van der Waals surface area contributed by atoms with E-state index in [1.807, 2.05) is 0 Å². The van der Waals surface area contributed by atoms with Gasteiger partial charge in [-0.25, -0.2) is 4.68 Å². The quantitative estimate of drug-likeness (QED) is 0.525. The predicted molar refractivity (Wildman–Crippen MR) is 75.5 cm³/mol. The van der Waals surface area contributed by atoms with Crippen molar-refractivity contribution in [2.75, 3.05) is 12.3 Å². The first-order valence-electron chi connectivity index (χ1n) is 6.14. The molecule has 0 spiro atoms. The lowest BCUT2D eigenvalue weighted by molar-refractivity contribution is -0.125. The van der Waals surface area contributed by atoms with E-state index in [1.165, 1.54) is 10.7 Å². The van der Waals surface area contributed by atoms with E-state index < -0.39 is 17.9 Å². The van der Waals surface area contributed by atoms with Gasteiger partial charge in [0.05, 0.1) is 12.2 Å². The summed E-state index contributed by atoms with van der Waals surface area (Å²) in [6.45, 7) is -0.265. The van der Waals surface area contributed by atoms with Crippen molar-refractivity contribution >= 4 is 17.5 Å². The van der Waals surface area contributed by atoms with Gasteiger partial charge >= 0.3 is 0 Å². The first-order chi connectivity index (χ1) is 9.97. The molecule has 0 saturated carbocycles. The molecule has 0 aliphatic rings. The molecule has 1 unspecified atom stereocenters. The van der Waals surface area contributed by atoms with Crippen LogP contribution >= 0.6 is 0 Å². The molecule has 0 aliphatic carbocycles. The highest BCUT2D eigenvalue weighted by atomic mass is 16.3. The molecule has 8 heteroatoms. The standard InChI is InChI=1S/C13H15N5O3/c14-8-2-1-3-9(6-8)18-5-4-10(17-18)13(21)16-7-11(19)12(15)20/h1-6,11,19H,7,14H2,(H2,15,20)(H,16,21). The maximum Gasteiger partial charge on any atom is 0.271 e. The number of hydrogen-bond donors (Lipinski definition) is 4. The smallest absolute Gasteiger partial charge is 0.271 e. The van der Waals surface area contributed by atoms with Crippen LogP contribution in [-0.2, 0) is 4.79 Å². The van der Waals surface area contributed by atoms with Gasteiger partial charge < -0.3 is 21.9 Å². The third kappa shape index (κ3) is 3.57. The zero-order chi connectivity index (χ0) is 15.4. The average molecular weight is 289 g/mol. The number of primary amides is 1. The number of amides is 2. The fourth-order valence-corrected chi connectivity index (χ4v) is 1.64. The summed E-state index contributed by atoms with van der Waals surface area (Å²) in [5, 5.41) is 15.7. The number of aliphatic hydroxyl groups excluding tert-OH is 1. The second-order valence-corrected chi connectivity index (χ2v) is 4.37. The van der Waals surface area contributed by atoms with E-state index in [-0.39, 0.29) is 12.2 Å². The molecule has 0 saturated heterocycles.